The Morgan fingerprint density at radius 2 is 0.929 bits per heavy atom. The Balaban J connectivity index is 3.33. The summed E-state index contributed by atoms with van der Waals surface area (Å²) in [6.07, 6.45) is 12.3. The largest absolute Gasteiger partial charge is 0.465 e. The number of esters is 1. The van der Waals surface area contributed by atoms with Gasteiger partial charge in [0.25, 0.3) is 0 Å². The number of carbonyl (C=O) groups excluding carboxylic acids is 1. The van der Waals surface area contributed by atoms with Crippen LogP contribution in [0.3, 0.4) is 0 Å². The lowest BCUT2D eigenvalue weighted by atomic mass is 10.0. The highest BCUT2D eigenvalue weighted by Crippen LogP contribution is 2.36. The SMILES string of the molecule is CCCCCCCCCCCCCCCCCCOC(=O)C(F)(F)C(F)(F)F. The van der Waals surface area contributed by atoms with Gasteiger partial charge in [0.15, 0.2) is 0 Å². The maximum Gasteiger partial charge on any atom is 0.465 e. The van der Waals surface area contributed by atoms with Gasteiger partial charge in [-0.1, -0.05) is 103 Å². The first-order chi connectivity index (χ1) is 13.2. The smallest absolute Gasteiger partial charge is 0.461 e. The molecule has 28 heavy (non-hydrogen) atoms. The lowest BCUT2D eigenvalue weighted by Gasteiger charge is -2.17. The van der Waals surface area contributed by atoms with E-state index in [0.717, 1.165) is 19.3 Å². The topological polar surface area (TPSA) is 26.3 Å². The van der Waals surface area contributed by atoms with Crippen LogP contribution in [0.15, 0.2) is 0 Å². The Bertz CT molecular complexity index is 383. The molecule has 0 bridgehead atoms. The number of unbranched alkanes of at least 4 members (excludes halogenated alkanes) is 15. The monoisotopic (exact) mass is 416 g/mol. The van der Waals surface area contributed by atoms with E-state index < -0.39 is 24.7 Å². The molecule has 0 aliphatic rings. The minimum absolute atomic E-state index is 0.304. The molecule has 0 aromatic carbocycles. The number of alkyl halides is 5. The molecule has 0 saturated heterocycles. The van der Waals surface area contributed by atoms with E-state index in [9.17, 15) is 26.7 Å². The van der Waals surface area contributed by atoms with Crippen molar-refractivity contribution >= 4 is 5.97 Å². The number of carbonyl (C=O) groups is 1. The van der Waals surface area contributed by atoms with Crippen LogP contribution in [0, 0.1) is 0 Å². The van der Waals surface area contributed by atoms with Gasteiger partial charge in [-0.2, -0.15) is 22.0 Å². The third kappa shape index (κ3) is 13.3. The molecule has 0 spiro atoms. The van der Waals surface area contributed by atoms with Gasteiger partial charge in [-0.05, 0) is 6.42 Å². The third-order valence-corrected chi connectivity index (χ3v) is 4.84. The molecule has 0 unspecified atom stereocenters. The second-order valence-corrected chi connectivity index (χ2v) is 7.51. The normalized spacial score (nSPS) is 12.4. The van der Waals surface area contributed by atoms with Crippen molar-refractivity contribution in [1.82, 2.24) is 0 Å². The average molecular weight is 417 g/mol. The van der Waals surface area contributed by atoms with Crippen molar-refractivity contribution in [3.05, 3.63) is 0 Å². The van der Waals surface area contributed by atoms with Crippen LogP contribution >= 0.6 is 0 Å². The number of hydrogen-bond donors (Lipinski definition) is 0. The molecule has 7 heteroatoms. The summed E-state index contributed by atoms with van der Waals surface area (Å²) in [6.45, 7) is 1.83. The quantitative estimate of drug-likeness (QED) is 0.129. The Hall–Kier alpha value is -0.880. The van der Waals surface area contributed by atoms with Crippen molar-refractivity contribution < 1.29 is 31.5 Å². The third-order valence-electron chi connectivity index (χ3n) is 4.84. The number of rotatable bonds is 18. The van der Waals surface area contributed by atoms with Gasteiger partial charge in [0, 0.05) is 0 Å². The minimum Gasteiger partial charge on any atom is -0.461 e. The van der Waals surface area contributed by atoms with Crippen LogP contribution in [-0.2, 0) is 9.53 Å². The van der Waals surface area contributed by atoms with E-state index in [1.807, 2.05) is 0 Å². The summed E-state index contributed by atoms with van der Waals surface area (Å²) < 4.78 is 65.2. The average Bonchev–Trinajstić information content (AvgIpc) is 2.63. The van der Waals surface area contributed by atoms with Gasteiger partial charge >= 0.3 is 18.1 Å². The first-order valence-electron chi connectivity index (χ1n) is 10.8. The van der Waals surface area contributed by atoms with Crippen molar-refractivity contribution in [2.24, 2.45) is 0 Å². The molecule has 0 aromatic rings. The lowest BCUT2D eigenvalue weighted by molar-refractivity contribution is -0.280. The Kier molecular flexibility index (Phi) is 15.5. The van der Waals surface area contributed by atoms with E-state index in [4.69, 9.17) is 0 Å². The Morgan fingerprint density at radius 3 is 1.25 bits per heavy atom. The molecular weight excluding hydrogens is 379 g/mol. The number of hydrogen-bond acceptors (Lipinski definition) is 2. The van der Waals surface area contributed by atoms with Crippen LogP contribution in [0.4, 0.5) is 22.0 Å². The molecule has 0 aliphatic heterocycles. The van der Waals surface area contributed by atoms with Gasteiger partial charge < -0.3 is 4.74 Å². The molecule has 0 heterocycles. The van der Waals surface area contributed by atoms with Crippen LogP contribution in [-0.4, -0.2) is 24.7 Å². The van der Waals surface area contributed by atoms with Crippen LogP contribution in [0.5, 0.6) is 0 Å². The minimum atomic E-state index is -5.90. The highest BCUT2D eigenvalue weighted by Gasteiger charge is 2.64. The van der Waals surface area contributed by atoms with E-state index in [-0.39, 0.29) is 0 Å². The van der Waals surface area contributed by atoms with E-state index in [2.05, 4.69) is 11.7 Å². The van der Waals surface area contributed by atoms with E-state index >= 15 is 0 Å². The Labute approximate surface area is 166 Å². The first-order valence-corrected chi connectivity index (χ1v) is 10.8. The zero-order chi connectivity index (χ0) is 21.3. The highest BCUT2D eigenvalue weighted by atomic mass is 19.4. The highest BCUT2D eigenvalue weighted by molar-refractivity contribution is 5.78. The van der Waals surface area contributed by atoms with E-state index in [1.165, 1.54) is 70.6 Å². The fourth-order valence-electron chi connectivity index (χ4n) is 3.02. The van der Waals surface area contributed by atoms with Crippen molar-refractivity contribution in [1.29, 1.82) is 0 Å². The second kappa shape index (κ2) is 16.0. The second-order valence-electron chi connectivity index (χ2n) is 7.51. The molecule has 0 amide bonds. The summed E-state index contributed by atoms with van der Waals surface area (Å²) in [4.78, 5) is 10.8. The zero-order valence-electron chi connectivity index (χ0n) is 17.2. The molecule has 0 saturated carbocycles. The fourth-order valence-corrected chi connectivity index (χ4v) is 3.02. The van der Waals surface area contributed by atoms with Crippen molar-refractivity contribution in [3.8, 4) is 0 Å². The Morgan fingerprint density at radius 1 is 0.607 bits per heavy atom. The summed E-state index contributed by atoms with van der Waals surface area (Å²) in [5.74, 6) is -7.94. The maximum absolute atomic E-state index is 12.6. The van der Waals surface area contributed by atoms with Crippen LogP contribution in [0.1, 0.15) is 110 Å². The maximum atomic E-state index is 12.6. The summed E-state index contributed by atoms with van der Waals surface area (Å²) in [5.41, 5.74) is 0. The van der Waals surface area contributed by atoms with E-state index in [0.29, 0.717) is 12.8 Å². The molecule has 0 rings (SSSR count). The predicted octanol–water partition coefficient (Wildman–Crippen LogP) is 7.99. The van der Waals surface area contributed by atoms with Gasteiger partial charge in [-0.25, -0.2) is 4.79 Å². The molecule has 0 N–H and O–H groups in total. The van der Waals surface area contributed by atoms with Gasteiger partial charge in [-0.3, -0.25) is 0 Å². The molecule has 2 nitrogen and oxygen atoms in total. The summed E-state index contributed by atoms with van der Waals surface area (Å²) >= 11 is 0. The summed E-state index contributed by atoms with van der Waals surface area (Å²) in [5, 5.41) is 0. The fraction of sp³-hybridized carbons (Fsp3) is 0.952. The van der Waals surface area contributed by atoms with Gasteiger partial charge in [0.2, 0.25) is 0 Å². The van der Waals surface area contributed by atoms with E-state index in [1.54, 1.807) is 0 Å². The molecule has 0 fully saturated rings. The molecule has 168 valence electrons. The summed E-state index contributed by atoms with van der Waals surface area (Å²) in [6, 6.07) is 0. The molecule has 0 radical (unpaired) electrons. The van der Waals surface area contributed by atoms with Crippen LogP contribution < -0.4 is 0 Å². The van der Waals surface area contributed by atoms with Crippen molar-refractivity contribution in [2.45, 2.75) is 122 Å². The standard InChI is InChI=1S/C21H37F5O2/c1-2-3-4-5-6-7-8-9-10-11-12-13-14-15-16-17-18-28-19(27)20(22,23)21(24,25)26/h2-18H2,1H3. The zero-order valence-corrected chi connectivity index (χ0v) is 17.2. The van der Waals surface area contributed by atoms with Crippen molar-refractivity contribution in [3.63, 3.8) is 0 Å². The van der Waals surface area contributed by atoms with Crippen LogP contribution in [0.25, 0.3) is 0 Å². The first kappa shape index (κ1) is 27.1. The molecule has 0 atom stereocenters. The van der Waals surface area contributed by atoms with Gasteiger partial charge in [0.05, 0.1) is 6.61 Å². The molecule has 0 aliphatic carbocycles. The predicted molar refractivity (Wildman–Crippen MR) is 102 cm³/mol. The van der Waals surface area contributed by atoms with Gasteiger partial charge in [-0.15, -0.1) is 0 Å². The van der Waals surface area contributed by atoms with Gasteiger partial charge in [0.1, 0.15) is 0 Å². The summed E-state index contributed by atoms with van der Waals surface area (Å²) in [7, 11) is 0. The number of ether oxygens (including phenoxy) is 1. The van der Waals surface area contributed by atoms with Crippen molar-refractivity contribution in [2.75, 3.05) is 6.61 Å². The lowest BCUT2D eigenvalue weighted by Crippen LogP contribution is -2.45. The molecular formula is C21H37F5O2. The number of halogens is 5. The van der Waals surface area contributed by atoms with Crippen LogP contribution in [0.2, 0.25) is 0 Å². The molecule has 0 aromatic heterocycles.